The maximum Gasteiger partial charge on any atom is 0.234 e. The van der Waals surface area contributed by atoms with Crippen LogP contribution in [0.5, 0.6) is 0 Å². The summed E-state index contributed by atoms with van der Waals surface area (Å²) in [7, 11) is 0. The lowest BCUT2D eigenvalue weighted by atomic mass is 10.2. The van der Waals surface area contributed by atoms with Gasteiger partial charge in [-0.15, -0.1) is 11.3 Å². The number of nitrogens with zero attached hydrogens (tertiary/aromatic N) is 4. The quantitative estimate of drug-likeness (QED) is 0.614. The first kappa shape index (κ1) is 13.9. The molecule has 23 heavy (non-hydrogen) atoms. The molecule has 4 aromatic rings. The third-order valence-electron chi connectivity index (χ3n) is 3.71. The molecular formula is C17H15N5S. The van der Waals surface area contributed by atoms with Gasteiger partial charge in [0.15, 0.2) is 5.13 Å². The average Bonchev–Trinajstić information content (AvgIpc) is 3.12. The molecule has 0 bridgehead atoms. The van der Waals surface area contributed by atoms with E-state index in [1.165, 1.54) is 5.56 Å². The number of para-hydroxylation sites is 1. The number of anilines is 2. The van der Waals surface area contributed by atoms with Crippen molar-refractivity contribution in [3.8, 4) is 11.4 Å². The second-order valence-electron chi connectivity index (χ2n) is 5.31. The normalized spacial score (nSPS) is 11.0. The molecular weight excluding hydrogens is 306 g/mol. The number of aryl methyl sites for hydroxylation is 2. The van der Waals surface area contributed by atoms with E-state index in [0.29, 0.717) is 5.78 Å². The van der Waals surface area contributed by atoms with Crippen LogP contribution >= 0.6 is 11.3 Å². The van der Waals surface area contributed by atoms with Crippen molar-refractivity contribution in [2.75, 3.05) is 5.32 Å². The maximum atomic E-state index is 4.72. The Morgan fingerprint density at radius 1 is 1.09 bits per heavy atom. The predicted molar refractivity (Wildman–Crippen MR) is 93.3 cm³/mol. The zero-order valence-electron chi connectivity index (χ0n) is 12.8. The lowest BCUT2D eigenvalue weighted by molar-refractivity contribution is 1.11. The molecule has 5 nitrogen and oxygen atoms in total. The number of nitrogens with one attached hydrogen (secondary N) is 1. The van der Waals surface area contributed by atoms with Crippen LogP contribution in [-0.4, -0.2) is 19.4 Å². The minimum atomic E-state index is 0.696. The fourth-order valence-corrected chi connectivity index (χ4v) is 3.28. The molecule has 1 N–H and O–H groups in total. The zero-order chi connectivity index (χ0) is 15.8. The van der Waals surface area contributed by atoms with E-state index in [1.807, 2.05) is 41.1 Å². The van der Waals surface area contributed by atoms with Crippen LogP contribution in [0.1, 0.15) is 11.3 Å². The molecule has 0 atom stereocenters. The van der Waals surface area contributed by atoms with E-state index in [2.05, 4.69) is 34.3 Å². The smallest absolute Gasteiger partial charge is 0.234 e. The van der Waals surface area contributed by atoms with Gasteiger partial charge in [0.25, 0.3) is 0 Å². The monoisotopic (exact) mass is 321 g/mol. The summed E-state index contributed by atoms with van der Waals surface area (Å²) in [6, 6.07) is 10.1. The van der Waals surface area contributed by atoms with Crippen molar-refractivity contribution in [3.05, 3.63) is 59.4 Å². The summed E-state index contributed by atoms with van der Waals surface area (Å²) in [6.07, 6.45) is 3.71. The van der Waals surface area contributed by atoms with Gasteiger partial charge in [0, 0.05) is 23.5 Å². The van der Waals surface area contributed by atoms with Crippen LogP contribution in [0.3, 0.4) is 0 Å². The Hall–Kier alpha value is -2.73. The van der Waals surface area contributed by atoms with Crippen LogP contribution in [0.4, 0.5) is 10.8 Å². The molecule has 0 fully saturated rings. The summed E-state index contributed by atoms with van der Waals surface area (Å²) in [5, 5.41) is 6.30. The predicted octanol–water partition coefficient (Wildman–Crippen LogP) is 4.21. The highest BCUT2D eigenvalue weighted by Crippen LogP contribution is 2.30. The van der Waals surface area contributed by atoms with E-state index in [9.17, 15) is 0 Å². The molecule has 0 radical (unpaired) electrons. The summed E-state index contributed by atoms with van der Waals surface area (Å²) in [4.78, 5) is 13.5. The van der Waals surface area contributed by atoms with Crippen LogP contribution in [0, 0.1) is 13.8 Å². The number of thiazole rings is 1. The second-order valence-corrected chi connectivity index (χ2v) is 6.17. The van der Waals surface area contributed by atoms with Crippen molar-refractivity contribution >= 4 is 27.9 Å². The van der Waals surface area contributed by atoms with Gasteiger partial charge in [0.05, 0.1) is 11.4 Å². The molecule has 0 aliphatic heterocycles. The number of aromatic nitrogens is 4. The van der Waals surface area contributed by atoms with Gasteiger partial charge in [0.2, 0.25) is 5.78 Å². The molecule has 0 unspecified atom stereocenters. The van der Waals surface area contributed by atoms with Gasteiger partial charge >= 0.3 is 0 Å². The summed E-state index contributed by atoms with van der Waals surface area (Å²) >= 11 is 1.58. The van der Waals surface area contributed by atoms with Crippen molar-refractivity contribution in [2.24, 2.45) is 0 Å². The SMILES string of the molecule is Cc1ccccc1Nc1nc(-c2c(C)nc3ncccn23)cs1. The summed E-state index contributed by atoms with van der Waals surface area (Å²) in [6.45, 7) is 4.06. The minimum Gasteiger partial charge on any atom is -0.331 e. The number of benzene rings is 1. The van der Waals surface area contributed by atoms with Crippen LogP contribution in [-0.2, 0) is 0 Å². The third-order valence-corrected chi connectivity index (χ3v) is 4.47. The first-order valence-corrected chi connectivity index (χ1v) is 8.18. The number of imidazole rings is 1. The van der Waals surface area contributed by atoms with E-state index in [4.69, 9.17) is 4.98 Å². The van der Waals surface area contributed by atoms with Crippen molar-refractivity contribution in [3.63, 3.8) is 0 Å². The lowest BCUT2D eigenvalue weighted by Gasteiger charge is -2.05. The second kappa shape index (κ2) is 5.48. The molecule has 114 valence electrons. The molecule has 3 heterocycles. The largest absolute Gasteiger partial charge is 0.331 e. The van der Waals surface area contributed by atoms with Crippen molar-refractivity contribution < 1.29 is 0 Å². The van der Waals surface area contributed by atoms with E-state index in [-0.39, 0.29) is 0 Å². The molecule has 0 aliphatic rings. The van der Waals surface area contributed by atoms with Gasteiger partial charge < -0.3 is 5.32 Å². The topological polar surface area (TPSA) is 55.1 Å². The first-order chi connectivity index (χ1) is 11.2. The highest BCUT2D eigenvalue weighted by molar-refractivity contribution is 7.14. The van der Waals surface area contributed by atoms with Gasteiger partial charge in [-0.3, -0.25) is 4.40 Å². The Kier molecular flexibility index (Phi) is 3.31. The van der Waals surface area contributed by atoms with Gasteiger partial charge in [0.1, 0.15) is 5.69 Å². The average molecular weight is 321 g/mol. The molecule has 0 saturated heterocycles. The standard InChI is InChI=1S/C17H15N5S/c1-11-6-3-4-7-13(11)20-17-21-14(10-23-17)15-12(2)19-16-18-8-5-9-22(15)16/h3-10H,1-2H3,(H,20,21). The van der Waals surface area contributed by atoms with Crippen molar-refractivity contribution in [1.29, 1.82) is 0 Å². The Labute approximate surface area is 137 Å². The number of hydrogen-bond acceptors (Lipinski definition) is 5. The minimum absolute atomic E-state index is 0.696. The maximum absolute atomic E-state index is 4.72. The Balaban J connectivity index is 1.73. The molecule has 0 saturated carbocycles. The number of hydrogen-bond donors (Lipinski definition) is 1. The molecule has 6 heteroatoms. The van der Waals surface area contributed by atoms with Gasteiger partial charge in [-0.2, -0.15) is 0 Å². The third kappa shape index (κ3) is 2.47. The Morgan fingerprint density at radius 3 is 2.83 bits per heavy atom. The number of rotatable bonds is 3. The first-order valence-electron chi connectivity index (χ1n) is 7.30. The highest BCUT2D eigenvalue weighted by atomic mass is 32.1. The summed E-state index contributed by atoms with van der Waals surface area (Å²) in [5.74, 6) is 0.696. The molecule has 1 aromatic carbocycles. The van der Waals surface area contributed by atoms with E-state index >= 15 is 0 Å². The Bertz CT molecular complexity index is 985. The lowest BCUT2D eigenvalue weighted by Crippen LogP contribution is -1.93. The molecule has 0 spiro atoms. The molecule has 3 aromatic heterocycles. The van der Waals surface area contributed by atoms with Crippen LogP contribution in [0.25, 0.3) is 17.2 Å². The Morgan fingerprint density at radius 2 is 1.96 bits per heavy atom. The van der Waals surface area contributed by atoms with E-state index in [0.717, 1.165) is 27.9 Å². The molecule has 4 rings (SSSR count). The van der Waals surface area contributed by atoms with Crippen LogP contribution in [0.15, 0.2) is 48.1 Å². The highest BCUT2D eigenvalue weighted by Gasteiger charge is 2.14. The van der Waals surface area contributed by atoms with Gasteiger partial charge in [-0.05, 0) is 31.5 Å². The van der Waals surface area contributed by atoms with Crippen LogP contribution < -0.4 is 5.32 Å². The van der Waals surface area contributed by atoms with Crippen molar-refractivity contribution in [2.45, 2.75) is 13.8 Å². The van der Waals surface area contributed by atoms with E-state index < -0.39 is 0 Å². The molecule has 0 amide bonds. The summed E-state index contributed by atoms with van der Waals surface area (Å²) < 4.78 is 1.97. The fourth-order valence-electron chi connectivity index (χ4n) is 2.57. The van der Waals surface area contributed by atoms with Crippen molar-refractivity contribution in [1.82, 2.24) is 19.4 Å². The fraction of sp³-hybridized carbons (Fsp3) is 0.118. The van der Waals surface area contributed by atoms with Gasteiger partial charge in [-0.25, -0.2) is 15.0 Å². The number of fused-ring (bicyclic) bond motifs is 1. The van der Waals surface area contributed by atoms with Crippen LogP contribution in [0.2, 0.25) is 0 Å². The molecule has 0 aliphatic carbocycles. The summed E-state index contributed by atoms with van der Waals surface area (Å²) in [5.41, 5.74) is 5.09. The zero-order valence-corrected chi connectivity index (χ0v) is 13.6. The van der Waals surface area contributed by atoms with Gasteiger partial charge in [-0.1, -0.05) is 18.2 Å². The van der Waals surface area contributed by atoms with E-state index in [1.54, 1.807) is 17.5 Å².